The number of aromatic carboxylic acids is 1. The van der Waals surface area contributed by atoms with E-state index >= 15 is 0 Å². The quantitative estimate of drug-likeness (QED) is 0.878. The summed E-state index contributed by atoms with van der Waals surface area (Å²) in [6, 6.07) is 0. The van der Waals surface area contributed by atoms with Crippen molar-refractivity contribution in [3.63, 3.8) is 0 Å². The summed E-state index contributed by atoms with van der Waals surface area (Å²) in [7, 11) is 0. The summed E-state index contributed by atoms with van der Waals surface area (Å²) in [5, 5.41) is 9.30. The smallest absolute Gasteiger partial charge is 0.341 e. The number of hydrogen-bond donors (Lipinski definition) is 1. The first-order valence-corrected chi connectivity index (χ1v) is 6.45. The van der Waals surface area contributed by atoms with Crippen LogP contribution in [0.4, 0.5) is 0 Å². The van der Waals surface area contributed by atoms with Crippen LogP contribution in [-0.2, 0) is 17.9 Å². The standard InChI is InChI=1S/C14H15NO4/c16-13-10(9-3-1-2-4-9)7-15-5-6-19-8-11(15)12(13)14(17)18/h3,7H,1-2,4-6,8H2,(H,17,18). The van der Waals surface area contributed by atoms with Crippen molar-refractivity contribution in [2.24, 2.45) is 0 Å². The average Bonchev–Trinajstić information content (AvgIpc) is 2.91. The Morgan fingerprint density at radius 3 is 2.95 bits per heavy atom. The van der Waals surface area contributed by atoms with E-state index in [0.29, 0.717) is 24.4 Å². The van der Waals surface area contributed by atoms with E-state index in [4.69, 9.17) is 4.74 Å². The first-order chi connectivity index (χ1) is 9.18. The highest BCUT2D eigenvalue weighted by molar-refractivity contribution is 5.90. The Morgan fingerprint density at radius 2 is 2.26 bits per heavy atom. The van der Waals surface area contributed by atoms with Crippen LogP contribution >= 0.6 is 0 Å². The van der Waals surface area contributed by atoms with Gasteiger partial charge in [-0.05, 0) is 24.8 Å². The van der Waals surface area contributed by atoms with Crippen molar-refractivity contribution in [2.45, 2.75) is 32.4 Å². The molecule has 0 saturated carbocycles. The van der Waals surface area contributed by atoms with E-state index in [1.807, 2.05) is 10.6 Å². The molecule has 2 heterocycles. The summed E-state index contributed by atoms with van der Waals surface area (Å²) < 4.78 is 7.12. The molecule has 5 heteroatoms. The number of rotatable bonds is 2. The number of aromatic nitrogens is 1. The van der Waals surface area contributed by atoms with Gasteiger partial charge < -0.3 is 14.4 Å². The van der Waals surface area contributed by atoms with Gasteiger partial charge in [-0.1, -0.05) is 6.08 Å². The summed E-state index contributed by atoms with van der Waals surface area (Å²) in [5.41, 5.74) is 1.49. The van der Waals surface area contributed by atoms with E-state index < -0.39 is 5.97 Å². The van der Waals surface area contributed by atoms with E-state index in [2.05, 4.69) is 0 Å². The van der Waals surface area contributed by atoms with Crippen molar-refractivity contribution in [3.8, 4) is 0 Å². The third-order valence-electron chi connectivity index (χ3n) is 3.71. The van der Waals surface area contributed by atoms with E-state index in [9.17, 15) is 14.7 Å². The Labute approximate surface area is 110 Å². The van der Waals surface area contributed by atoms with Gasteiger partial charge in [-0.25, -0.2) is 4.79 Å². The van der Waals surface area contributed by atoms with Gasteiger partial charge in [0.05, 0.1) is 18.9 Å². The highest BCUT2D eigenvalue weighted by atomic mass is 16.5. The number of carboxylic acid groups (broad SMARTS) is 1. The molecule has 0 atom stereocenters. The lowest BCUT2D eigenvalue weighted by Crippen LogP contribution is -2.30. The zero-order valence-electron chi connectivity index (χ0n) is 10.5. The summed E-state index contributed by atoms with van der Waals surface area (Å²) in [6.45, 7) is 1.33. The fourth-order valence-electron chi connectivity index (χ4n) is 2.75. The Morgan fingerprint density at radius 1 is 1.42 bits per heavy atom. The number of hydrogen-bond acceptors (Lipinski definition) is 3. The van der Waals surface area contributed by atoms with Crippen LogP contribution in [0.5, 0.6) is 0 Å². The molecule has 0 saturated heterocycles. The second kappa shape index (κ2) is 4.66. The summed E-state index contributed by atoms with van der Waals surface area (Å²) in [4.78, 5) is 23.8. The molecule has 2 aliphatic rings. The van der Waals surface area contributed by atoms with Gasteiger partial charge in [0.1, 0.15) is 5.56 Å². The van der Waals surface area contributed by atoms with E-state index in [1.54, 1.807) is 6.20 Å². The van der Waals surface area contributed by atoms with Gasteiger partial charge in [-0.3, -0.25) is 4.79 Å². The largest absolute Gasteiger partial charge is 0.477 e. The van der Waals surface area contributed by atoms with Crippen molar-refractivity contribution < 1.29 is 14.6 Å². The van der Waals surface area contributed by atoms with Crippen LogP contribution in [-0.4, -0.2) is 22.2 Å². The van der Waals surface area contributed by atoms with Crippen LogP contribution in [0.2, 0.25) is 0 Å². The number of fused-ring (bicyclic) bond motifs is 1. The first kappa shape index (κ1) is 12.2. The molecule has 0 spiro atoms. The van der Waals surface area contributed by atoms with E-state index in [1.165, 1.54) is 0 Å². The minimum atomic E-state index is -1.17. The Balaban J connectivity index is 2.24. The average molecular weight is 261 g/mol. The predicted molar refractivity (Wildman–Crippen MR) is 69.1 cm³/mol. The Bertz CT molecular complexity index is 627. The van der Waals surface area contributed by atoms with Crippen LogP contribution in [0, 0.1) is 0 Å². The summed E-state index contributed by atoms with van der Waals surface area (Å²) in [6.07, 6.45) is 6.67. The topological polar surface area (TPSA) is 68.5 Å². The van der Waals surface area contributed by atoms with Gasteiger partial charge in [0.2, 0.25) is 5.43 Å². The second-order valence-corrected chi connectivity index (χ2v) is 4.87. The molecule has 0 bridgehead atoms. The Hall–Kier alpha value is -1.88. The van der Waals surface area contributed by atoms with Gasteiger partial charge in [-0.2, -0.15) is 0 Å². The molecule has 1 aliphatic carbocycles. The summed E-state index contributed by atoms with van der Waals surface area (Å²) >= 11 is 0. The predicted octanol–water partition coefficient (Wildman–Crippen LogP) is 1.64. The van der Waals surface area contributed by atoms with Gasteiger partial charge in [-0.15, -0.1) is 0 Å². The van der Waals surface area contributed by atoms with Crippen molar-refractivity contribution in [1.82, 2.24) is 4.57 Å². The molecule has 1 aromatic heterocycles. The molecule has 5 nitrogen and oxygen atoms in total. The third-order valence-corrected chi connectivity index (χ3v) is 3.71. The van der Waals surface area contributed by atoms with Crippen LogP contribution in [0.15, 0.2) is 17.1 Å². The van der Waals surface area contributed by atoms with Gasteiger partial charge in [0.25, 0.3) is 0 Å². The second-order valence-electron chi connectivity index (χ2n) is 4.87. The molecule has 1 aromatic rings. The highest BCUT2D eigenvalue weighted by Gasteiger charge is 2.24. The molecule has 0 fully saturated rings. The minimum Gasteiger partial charge on any atom is -0.477 e. The van der Waals surface area contributed by atoms with Crippen molar-refractivity contribution in [1.29, 1.82) is 0 Å². The molecular weight excluding hydrogens is 246 g/mol. The number of nitrogens with zero attached hydrogens (tertiary/aromatic N) is 1. The van der Waals surface area contributed by atoms with Crippen LogP contribution < -0.4 is 5.43 Å². The molecule has 0 aromatic carbocycles. The van der Waals surface area contributed by atoms with Gasteiger partial charge in [0, 0.05) is 18.3 Å². The molecule has 100 valence electrons. The van der Waals surface area contributed by atoms with Crippen molar-refractivity contribution in [3.05, 3.63) is 39.3 Å². The maximum absolute atomic E-state index is 12.4. The zero-order chi connectivity index (χ0) is 13.4. The normalized spacial score (nSPS) is 18.0. The number of ether oxygens (including phenoxy) is 1. The number of carboxylic acids is 1. The zero-order valence-corrected chi connectivity index (χ0v) is 10.5. The molecular formula is C14H15NO4. The van der Waals surface area contributed by atoms with Crippen LogP contribution in [0.25, 0.3) is 5.57 Å². The van der Waals surface area contributed by atoms with Crippen molar-refractivity contribution >= 4 is 11.5 Å². The lowest BCUT2D eigenvalue weighted by molar-refractivity contribution is 0.0649. The van der Waals surface area contributed by atoms with Gasteiger partial charge >= 0.3 is 5.97 Å². The lowest BCUT2D eigenvalue weighted by Gasteiger charge is -2.22. The molecule has 0 amide bonds. The maximum atomic E-state index is 12.4. The third kappa shape index (κ3) is 2.00. The number of allylic oxidation sites excluding steroid dienone is 2. The molecule has 3 rings (SSSR count). The Kier molecular flexibility index (Phi) is 2.98. The minimum absolute atomic E-state index is 0.134. The molecule has 0 radical (unpaired) electrons. The fourth-order valence-corrected chi connectivity index (χ4v) is 2.75. The molecule has 1 aliphatic heterocycles. The van der Waals surface area contributed by atoms with Crippen LogP contribution in [0.1, 0.15) is 40.9 Å². The van der Waals surface area contributed by atoms with Gasteiger partial charge in [0.15, 0.2) is 0 Å². The van der Waals surface area contributed by atoms with E-state index in [0.717, 1.165) is 24.8 Å². The SMILES string of the molecule is O=C(O)c1c2n(cc(C3=CCCC3)c1=O)CCOC2. The van der Waals surface area contributed by atoms with Crippen molar-refractivity contribution in [2.75, 3.05) is 6.61 Å². The molecule has 19 heavy (non-hydrogen) atoms. The molecule has 0 unspecified atom stereocenters. The first-order valence-electron chi connectivity index (χ1n) is 6.45. The number of pyridine rings is 1. The monoisotopic (exact) mass is 261 g/mol. The highest BCUT2D eigenvalue weighted by Crippen LogP contribution is 2.27. The molecule has 1 N–H and O–H groups in total. The lowest BCUT2D eigenvalue weighted by atomic mass is 10.0. The summed E-state index contributed by atoms with van der Waals surface area (Å²) in [5.74, 6) is -1.17. The number of carbonyl (C=O) groups is 1. The van der Waals surface area contributed by atoms with E-state index in [-0.39, 0.29) is 17.6 Å². The maximum Gasteiger partial charge on any atom is 0.341 e. The van der Waals surface area contributed by atoms with Crippen LogP contribution in [0.3, 0.4) is 0 Å². The fraction of sp³-hybridized carbons (Fsp3) is 0.429.